The van der Waals surface area contributed by atoms with E-state index >= 15 is 0 Å². The molecule has 0 radical (unpaired) electrons. The molecule has 1 aliphatic carbocycles. The average Bonchev–Trinajstić information content (AvgIpc) is 3.25. The quantitative estimate of drug-likeness (QED) is 0.611. The predicted molar refractivity (Wildman–Crippen MR) is 104 cm³/mol. The highest BCUT2D eigenvalue weighted by Crippen LogP contribution is 2.38. The van der Waals surface area contributed by atoms with Crippen molar-refractivity contribution in [3.63, 3.8) is 0 Å². The van der Waals surface area contributed by atoms with Crippen molar-refractivity contribution >= 4 is 5.96 Å². The topological polar surface area (TPSA) is 40.1 Å². The fraction of sp³-hybridized carbons (Fsp3) is 0.950. The molecule has 25 heavy (non-hydrogen) atoms. The van der Waals surface area contributed by atoms with Gasteiger partial charge in [-0.25, -0.2) is 0 Å². The van der Waals surface area contributed by atoms with E-state index in [2.05, 4.69) is 36.1 Å². The van der Waals surface area contributed by atoms with Gasteiger partial charge in [0.25, 0.3) is 0 Å². The van der Waals surface area contributed by atoms with Crippen LogP contribution in [0, 0.1) is 11.3 Å². The summed E-state index contributed by atoms with van der Waals surface area (Å²) >= 11 is 0. The Kier molecular flexibility index (Phi) is 6.61. The van der Waals surface area contributed by atoms with Gasteiger partial charge in [0.05, 0.1) is 13.2 Å². The summed E-state index contributed by atoms with van der Waals surface area (Å²) in [6.07, 6.45) is 9.42. The predicted octanol–water partition coefficient (Wildman–Crippen LogP) is 2.57. The lowest BCUT2D eigenvalue weighted by Gasteiger charge is -2.34. The third-order valence-electron chi connectivity index (χ3n) is 6.54. The van der Waals surface area contributed by atoms with Crippen LogP contribution < -0.4 is 5.32 Å². The van der Waals surface area contributed by atoms with Gasteiger partial charge in [-0.15, -0.1) is 0 Å². The van der Waals surface area contributed by atoms with Crippen molar-refractivity contribution < 1.29 is 4.74 Å². The number of rotatable bonds is 5. The molecule has 144 valence electrons. The lowest BCUT2D eigenvalue weighted by Crippen LogP contribution is -2.44. The second-order valence-corrected chi connectivity index (χ2v) is 8.60. The van der Waals surface area contributed by atoms with Gasteiger partial charge in [-0.2, -0.15) is 0 Å². The van der Waals surface area contributed by atoms with Crippen LogP contribution in [0.1, 0.15) is 51.9 Å². The lowest BCUT2D eigenvalue weighted by atomic mass is 9.83. The molecule has 1 N–H and O–H groups in total. The second-order valence-electron chi connectivity index (χ2n) is 8.60. The Labute approximate surface area is 154 Å². The summed E-state index contributed by atoms with van der Waals surface area (Å²) in [5.74, 6) is 1.93. The first-order valence-electron chi connectivity index (χ1n) is 10.4. The van der Waals surface area contributed by atoms with E-state index in [0.717, 1.165) is 51.3 Å². The van der Waals surface area contributed by atoms with Gasteiger partial charge in [0, 0.05) is 37.7 Å². The maximum atomic E-state index is 5.69. The van der Waals surface area contributed by atoms with E-state index in [-0.39, 0.29) is 0 Å². The van der Waals surface area contributed by atoms with E-state index < -0.39 is 0 Å². The molecule has 0 amide bonds. The molecular weight excluding hydrogens is 312 g/mol. The summed E-state index contributed by atoms with van der Waals surface area (Å²) in [4.78, 5) is 9.98. The van der Waals surface area contributed by atoms with E-state index in [1.54, 1.807) is 0 Å². The van der Waals surface area contributed by atoms with Crippen molar-refractivity contribution in [1.82, 2.24) is 15.1 Å². The fourth-order valence-corrected chi connectivity index (χ4v) is 4.95. The third kappa shape index (κ3) is 4.68. The van der Waals surface area contributed by atoms with Crippen molar-refractivity contribution in [1.29, 1.82) is 0 Å². The van der Waals surface area contributed by atoms with Crippen LogP contribution in [0.25, 0.3) is 0 Å². The van der Waals surface area contributed by atoms with Gasteiger partial charge in [-0.3, -0.25) is 4.99 Å². The van der Waals surface area contributed by atoms with Gasteiger partial charge in [0.2, 0.25) is 0 Å². The molecule has 2 aliphatic heterocycles. The molecule has 5 nitrogen and oxygen atoms in total. The summed E-state index contributed by atoms with van der Waals surface area (Å²) in [6.45, 7) is 8.12. The highest BCUT2D eigenvalue weighted by atomic mass is 16.5. The largest absolute Gasteiger partial charge is 0.381 e. The van der Waals surface area contributed by atoms with Crippen LogP contribution in [-0.4, -0.2) is 75.3 Å². The van der Waals surface area contributed by atoms with E-state index in [9.17, 15) is 0 Å². The van der Waals surface area contributed by atoms with Gasteiger partial charge in [0.15, 0.2) is 5.96 Å². The van der Waals surface area contributed by atoms with E-state index in [0.29, 0.717) is 11.5 Å². The van der Waals surface area contributed by atoms with Crippen LogP contribution in [0.3, 0.4) is 0 Å². The van der Waals surface area contributed by atoms with Crippen LogP contribution in [0.5, 0.6) is 0 Å². The minimum Gasteiger partial charge on any atom is -0.381 e. The number of likely N-dealkylation sites (N-methyl/N-ethyl adjacent to an activating group) is 1. The number of hydrogen-bond donors (Lipinski definition) is 1. The Hall–Kier alpha value is -0.810. The van der Waals surface area contributed by atoms with Gasteiger partial charge in [-0.05, 0) is 52.6 Å². The summed E-state index contributed by atoms with van der Waals surface area (Å²) in [5.41, 5.74) is 0.389. The van der Waals surface area contributed by atoms with Crippen LogP contribution in [0.15, 0.2) is 4.99 Å². The minimum absolute atomic E-state index is 0.389. The van der Waals surface area contributed by atoms with E-state index in [1.165, 1.54) is 44.9 Å². The molecule has 0 bridgehead atoms. The lowest BCUT2D eigenvalue weighted by molar-refractivity contribution is 0.156. The zero-order valence-corrected chi connectivity index (χ0v) is 16.6. The number of nitrogens with zero attached hydrogens (tertiary/aromatic N) is 3. The van der Waals surface area contributed by atoms with Crippen molar-refractivity contribution in [3.8, 4) is 0 Å². The summed E-state index contributed by atoms with van der Waals surface area (Å²) in [6, 6.07) is 0.570. The monoisotopic (exact) mass is 350 g/mol. The molecule has 2 heterocycles. The fourth-order valence-electron chi connectivity index (χ4n) is 4.95. The van der Waals surface area contributed by atoms with Crippen molar-refractivity contribution in [2.75, 3.05) is 53.5 Å². The molecule has 1 spiro atoms. The molecule has 1 saturated carbocycles. The Bertz CT molecular complexity index is 439. The van der Waals surface area contributed by atoms with Crippen LogP contribution >= 0.6 is 0 Å². The average molecular weight is 351 g/mol. The van der Waals surface area contributed by atoms with Gasteiger partial charge >= 0.3 is 0 Å². The molecule has 3 fully saturated rings. The molecule has 0 aromatic rings. The molecular formula is C20H38N4O. The zero-order chi connectivity index (χ0) is 17.7. The summed E-state index contributed by atoms with van der Waals surface area (Å²) in [5, 5.41) is 3.54. The van der Waals surface area contributed by atoms with Crippen LogP contribution in [0.4, 0.5) is 0 Å². The van der Waals surface area contributed by atoms with Crippen molar-refractivity contribution in [3.05, 3.63) is 0 Å². The molecule has 3 aliphatic rings. The SMILES string of the molecule is CCNC(=NCC(C1CCCCC1)N(C)C)N1CCC2(CCOC2)C1. The smallest absolute Gasteiger partial charge is 0.193 e. The Morgan fingerprint density at radius 2 is 2.08 bits per heavy atom. The standard InChI is InChI=1S/C20H38N4O/c1-4-21-19(24-12-10-20(15-24)11-13-25-16-20)22-14-18(23(2)3)17-8-6-5-7-9-17/h17-18H,4-16H2,1-3H3,(H,21,22). The highest BCUT2D eigenvalue weighted by molar-refractivity contribution is 5.80. The van der Waals surface area contributed by atoms with E-state index in [4.69, 9.17) is 9.73 Å². The van der Waals surface area contributed by atoms with Gasteiger partial charge in [-0.1, -0.05) is 19.3 Å². The summed E-state index contributed by atoms with van der Waals surface area (Å²) in [7, 11) is 4.45. The van der Waals surface area contributed by atoms with E-state index in [1.807, 2.05) is 0 Å². The van der Waals surface area contributed by atoms with Crippen LogP contribution in [-0.2, 0) is 4.74 Å². The number of ether oxygens (including phenoxy) is 1. The maximum Gasteiger partial charge on any atom is 0.193 e. The molecule has 0 aromatic carbocycles. The number of guanidine groups is 1. The highest BCUT2D eigenvalue weighted by Gasteiger charge is 2.42. The third-order valence-corrected chi connectivity index (χ3v) is 6.54. The van der Waals surface area contributed by atoms with Crippen molar-refractivity contribution in [2.45, 2.75) is 57.9 Å². The first kappa shape index (κ1) is 19.0. The summed E-state index contributed by atoms with van der Waals surface area (Å²) < 4.78 is 5.69. The Morgan fingerprint density at radius 3 is 2.72 bits per heavy atom. The molecule has 2 unspecified atom stereocenters. The minimum atomic E-state index is 0.389. The van der Waals surface area contributed by atoms with Gasteiger partial charge < -0.3 is 19.9 Å². The molecule has 3 rings (SSSR count). The number of hydrogen-bond acceptors (Lipinski definition) is 3. The zero-order valence-electron chi connectivity index (χ0n) is 16.6. The van der Waals surface area contributed by atoms with Crippen molar-refractivity contribution in [2.24, 2.45) is 16.3 Å². The van der Waals surface area contributed by atoms with Crippen LogP contribution in [0.2, 0.25) is 0 Å². The normalized spacial score (nSPS) is 29.8. The van der Waals surface area contributed by atoms with Gasteiger partial charge in [0.1, 0.15) is 0 Å². The number of likely N-dealkylation sites (tertiary alicyclic amines) is 1. The first-order valence-corrected chi connectivity index (χ1v) is 10.4. The Morgan fingerprint density at radius 1 is 1.28 bits per heavy atom. The first-order chi connectivity index (χ1) is 12.1. The number of nitrogens with one attached hydrogen (secondary N) is 1. The molecule has 0 aromatic heterocycles. The molecule has 5 heteroatoms. The second kappa shape index (κ2) is 8.72. The Balaban J connectivity index is 1.64. The molecule has 2 atom stereocenters. The maximum absolute atomic E-state index is 5.69. The number of aliphatic imine (C=N–C) groups is 1. The molecule has 2 saturated heterocycles.